The van der Waals surface area contributed by atoms with Gasteiger partial charge in [0, 0.05) is 48.6 Å². The minimum atomic E-state index is -4.46. The van der Waals surface area contributed by atoms with Crippen LogP contribution in [0, 0.1) is 11.8 Å². The number of hydrogen-bond donors (Lipinski definition) is 4. The van der Waals surface area contributed by atoms with Crippen LogP contribution in [0.5, 0.6) is 5.75 Å². The van der Waals surface area contributed by atoms with E-state index >= 15 is 0 Å². The lowest BCUT2D eigenvalue weighted by Gasteiger charge is -2.35. The summed E-state index contributed by atoms with van der Waals surface area (Å²) >= 11 is 0. The third-order valence-corrected chi connectivity index (χ3v) is 9.15. The van der Waals surface area contributed by atoms with Gasteiger partial charge in [-0.1, -0.05) is 12.0 Å². The standard InChI is InChI=1S/C30H36F3N5O5S/c1-43-28-14-29(44(2,41)42)35-15-24(28)34-12-4-5-21-13-22-23(6-3-7-25(22)38(21)18-30(31,32)33)36-19-8-10-20(11-9-19)37-16-26(39)27(40)17-37/h3,6-7,13-15,19-20,26-27,34,36,39-40H,8-12,16-18H2,1-2H3. The average molecular weight is 636 g/mol. The first-order chi connectivity index (χ1) is 20.8. The maximum absolute atomic E-state index is 13.6. The molecule has 0 radical (unpaired) electrons. The molecule has 2 atom stereocenters. The number of likely N-dealkylation sites (tertiary alicyclic amines) is 1. The van der Waals surface area contributed by atoms with E-state index in [0.717, 1.165) is 42.2 Å². The van der Waals surface area contributed by atoms with Crippen molar-refractivity contribution in [2.75, 3.05) is 43.6 Å². The van der Waals surface area contributed by atoms with Gasteiger partial charge in [0.05, 0.1) is 49.0 Å². The van der Waals surface area contributed by atoms with Crippen molar-refractivity contribution in [3.8, 4) is 17.6 Å². The highest BCUT2D eigenvalue weighted by molar-refractivity contribution is 7.90. The third-order valence-electron chi connectivity index (χ3n) is 8.17. The van der Waals surface area contributed by atoms with E-state index in [4.69, 9.17) is 4.74 Å². The zero-order chi connectivity index (χ0) is 31.6. The van der Waals surface area contributed by atoms with Crippen molar-refractivity contribution in [2.24, 2.45) is 0 Å². The maximum Gasteiger partial charge on any atom is 0.406 e. The summed E-state index contributed by atoms with van der Waals surface area (Å²) < 4.78 is 70.9. The number of methoxy groups -OCH3 is 1. The Morgan fingerprint density at radius 1 is 1.09 bits per heavy atom. The number of aromatic nitrogens is 2. The Hall–Kier alpha value is -3.51. The summed E-state index contributed by atoms with van der Waals surface area (Å²) in [6, 6.07) is 8.61. The Labute approximate surface area is 254 Å². The second-order valence-electron chi connectivity index (χ2n) is 11.4. The van der Waals surface area contributed by atoms with Gasteiger partial charge in [0.1, 0.15) is 12.3 Å². The number of hydrogen-bond acceptors (Lipinski definition) is 9. The predicted octanol–water partition coefficient (Wildman–Crippen LogP) is 3.23. The molecule has 1 aliphatic carbocycles. The smallest absolute Gasteiger partial charge is 0.406 e. The molecular weight excluding hydrogens is 599 g/mol. The minimum absolute atomic E-state index is 0.0449. The fourth-order valence-corrected chi connectivity index (χ4v) is 6.53. The molecule has 14 heteroatoms. The van der Waals surface area contributed by atoms with E-state index in [0.29, 0.717) is 29.7 Å². The van der Waals surface area contributed by atoms with Gasteiger partial charge in [-0.25, -0.2) is 13.4 Å². The van der Waals surface area contributed by atoms with Crippen molar-refractivity contribution in [1.29, 1.82) is 0 Å². The minimum Gasteiger partial charge on any atom is -0.494 e. The Balaban J connectivity index is 1.32. The van der Waals surface area contributed by atoms with Crippen LogP contribution in [0.4, 0.5) is 24.5 Å². The van der Waals surface area contributed by atoms with Gasteiger partial charge in [-0.05, 0) is 49.8 Å². The summed E-state index contributed by atoms with van der Waals surface area (Å²) in [6.07, 6.45) is -0.0550. The second kappa shape index (κ2) is 12.8. The number of sulfone groups is 1. The zero-order valence-corrected chi connectivity index (χ0v) is 25.2. The topological polar surface area (TPSA) is 129 Å². The number of nitrogens with one attached hydrogen (secondary N) is 2. The van der Waals surface area contributed by atoms with Gasteiger partial charge in [-0.2, -0.15) is 13.2 Å². The molecule has 3 heterocycles. The number of alkyl halides is 3. The SMILES string of the molecule is COc1cc(S(C)(=O)=O)ncc1NCC#Cc1cc2c(NC3CCC(N4CC(O)C(O)C4)CC3)cccc2n1CC(F)(F)F. The van der Waals surface area contributed by atoms with Gasteiger partial charge < -0.3 is 30.2 Å². The predicted molar refractivity (Wildman–Crippen MR) is 161 cm³/mol. The highest BCUT2D eigenvalue weighted by atomic mass is 32.2. The molecule has 3 aromatic rings. The monoisotopic (exact) mass is 635 g/mol. The van der Waals surface area contributed by atoms with Gasteiger partial charge in [0.2, 0.25) is 0 Å². The molecule has 44 heavy (non-hydrogen) atoms. The normalized spacial score (nSPS) is 22.9. The molecule has 0 spiro atoms. The molecule has 0 amide bonds. The van der Waals surface area contributed by atoms with Crippen molar-refractivity contribution in [2.45, 2.75) is 67.7 Å². The Kier molecular flexibility index (Phi) is 9.31. The van der Waals surface area contributed by atoms with E-state index in [-0.39, 0.29) is 35.1 Å². The maximum atomic E-state index is 13.6. The largest absolute Gasteiger partial charge is 0.494 e. The fraction of sp³-hybridized carbons (Fsp3) is 0.500. The van der Waals surface area contributed by atoms with Gasteiger partial charge >= 0.3 is 6.18 Å². The highest BCUT2D eigenvalue weighted by Gasteiger charge is 2.35. The van der Waals surface area contributed by atoms with Crippen molar-refractivity contribution in [3.05, 3.63) is 42.2 Å². The summed E-state index contributed by atoms with van der Waals surface area (Å²) in [6.45, 7) is -0.214. The first kappa shape index (κ1) is 31.9. The number of fused-ring (bicyclic) bond motifs is 1. The quantitative estimate of drug-likeness (QED) is 0.276. The molecule has 4 N–H and O–H groups in total. The number of nitrogens with zero attached hydrogens (tertiary/aromatic N) is 3. The van der Waals surface area contributed by atoms with E-state index < -0.39 is 34.8 Å². The van der Waals surface area contributed by atoms with Crippen LogP contribution in [0.1, 0.15) is 31.4 Å². The molecule has 2 fully saturated rings. The first-order valence-electron chi connectivity index (χ1n) is 14.3. The van der Waals surface area contributed by atoms with E-state index in [1.54, 1.807) is 18.2 Å². The lowest BCUT2D eigenvalue weighted by atomic mass is 9.90. The van der Waals surface area contributed by atoms with Gasteiger partial charge in [-0.15, -0.1) is 0 Å². The summed E-state index contributed by atoms with van der Waals surface area (Å²) in [5, 5.41) is 26.8. The molecule has 2 aliphatic rings. The average Bonchev–Trinajstić information content (AvgIpc) is 3.49. The van der Waals surface area contributed by atoms with Crippen molar-refractivity contribution in [3.63, 3.8) is 0 Å². The molecule has 2 unspecified atom stereocenters. The molecule has 5 rings (SSSR count). The van der Waals surface area contributed by atoms with E-state index in [9.17, 15) is 31.8 Å². The molecule has 10 nitrogen and oxygen atoms in total. The van der Waals surface area contributed by atoms with Crippen LogP contribution in [0.15, 0.2) is 41.6 Å². The van der Waals surface area contributed by atoms with Crippen LogP contribution in [0.3, 0.4) is 0 Å². The summed E-state index contributed by atoms with van der Waals surface area (Å²) in [4.78, 5) is 6.07. The summed E-state index contributed by atoms with van der Waals surface area (Å²) in [5.74, 6) is 5.97. The van der Waals surface area contributed by atoms with E-state index in [1.165, 1.54) is 19.4 Å². The number of rotatable bonds is 8. The van der Waals surface area contributed by atoms with Gasteiger partial charge in [0.25, 0.3) is 0 Å². The third kappa shape index (κ3) is 7.40. The highest BCUT2D eigenvalue weighted by Crippen LogP contribution is 2.33. The van der Waals surface area contributed by atoms with Crippen LogP contribution in [0.25, 0.3) is 10.9 Å². The fourth-order valence-electron chi connectivity index (χ4n) is 5.96. The Bertz CT molecular complexity index is 1650. The van der Waals surface area contributed by atoms with E-state index in [1.807, 2.05) is 6.07 Å². The Morgan fingerprint density at radius 3 is 2.43 bits per heavy atom. The number of anilines is 2. The number of aliphatic hydroxyl groups excluding tert-OH is 2. The number of benzene rings is 1. The zero-order valence-electron chi connectivity index (χ0n) is 24.4. The lowest BCUT2D eigenvalue weighted by Crippen LogP contribution is -2.39. The number of halogens is 3. The van der Waals surface area contributed by atoms with E-state index in [2.05, 4.69) is 32.4 Å². The van der Waals surface area contributed by atoms with Crippen LogP contribution >= 0.6 is 0 Å². The number of pyridine rings is 1. The molecule has 1 saturated carbocycles. The molecule has 2 aromatic heterocycles. The first-order valence-corrected chi connectivity index (χ1v) is 16.2. The molecule has 1 aromatic carbocycles. The van der Waals surface area contributed by atoms with Crippen LogP contribution in [-0.4, -0.2) is 96.5 Å². The van der Waals surface area contributed by atoms with Gasteiger partial charge in [-0.3, -0.25) is 4.90 Å². The summed E-state index contributed by atoms with van der Waals surface area (Å²) in [7, 11) is -2.15. The molecule has 238 valence electrons. The van der Waals surface area contributed by atoms with Crippen molar-refractivity contribution < 1.29 is 36.5 Å². The number of β-amino-alcohol motifs (C(OH)–C–C–N with tert-alkyl or cyclic N) is 2. The second-order valence-corrected chi connectivity index (χ2v) is 13.3. The molecule has 1 saturated heterocycles. The van der Waals surface area contributed by atoms with Crippen LogP contribution < -0.4 is 15.4 Å². The Morgan fingerprint density at radius 2 is 1.80 bits per heavy atom. The molecule has 1 aliphatic heterocycles. The number of ether oxygens (including phenoxy) is 1. The summed E-state index contributed by atoms with van der Waals surface area (Å²) in [5.41, 5.74) is 1.76. The van der Waals surface area contributed by atoms with Crippen molar-refractivity contribution in [1.82, 2.24) is 14.5 Å². The lowest BCUT2D eigenvalue weighted by molar-refractivity contribution is -0.140. The molecule has 0 bridgehead atoms. The van der Waals surface area contributed by atoms with Crippen LogP contribution in [-0.2, 0) is 16.4 Å². The number of aliphatic hydroxyl groups is 2. The molecular formula is C30H36F3N5O5S. The van der Waals surface area contributed by atoms with Crippen LogP contribution in [0.2, 0.25) is 0 Å². The van der Waals surface area contributed by atoms with Gasteiger partial charge in [0.15, 0.2) is 14.9 Å². The van der Waals surface area contributed by atoms with Crippen molar-refractivity contribution >= 4 is 32.1 Å².